The van der Waals surface area contributed by atoms with Crippen molar-refractivity contribution in [3.63, 3.8) is 0 Å². The molecule has 0 aromatic heterocycles. The van der Waals surface area contributed by atoms with Gasteiger partial charge in [0.25, 0.3) is 0 Å². The van der Waals surface area contributed by atoms with Crippen molar-refractivity contribution in [3.8, 4) is 0 Å². The van der Waals surface area contributed by atoms with E-state index in [-0.39, 0.29) is 13.0 Å². The summed E-state index contributed by atoms with van der Waals surface area (Å²) in [4.78, 5) is 62.0. The number of carbonyl (C=O) groups excluding carboxylic acids is 5. The summed E-state index contributed by atoms with van der Waals surface area (Å²) in [6.45, 7) is 6.85. The molecule has 7 N–H and O–H groups in total. The Balaban J connectivity index is 2.84. The fourth-order valence-corrected chi connectivity index (χ4v) is 3.12. The standard InChI is InChI=1S/C25H39N5O7/c1-16(23(34)36-15-17-10-6-5-7-11-17)28-22(33)19(14-20(27)31)29-21(32)18(12-8-9-13-26)30-24(35)37-25(2,3)4/h5-7,10-11,16,18-19H,8-9,12-15,26H2,1-4H3,(H2,27,31)(H,28,33)(H,29,32)(H,30,35)/t16-,18-,19-/m0/s1. The topological polar surface area (TPSA) is 192 Å². The summed E-state index contributed by atoms with van der Waals surface area (Å²) in [5, 5.41) is 7.35. The number of rotatable bonds is 14. The molecule has 3 atom stereocenters. The zero-order valence-corrected chi connectivity index (χ0v) is 21.9. The maximum absolute atomic E-state index is 13.0. The first kappa shape index (κ1) is 31.4. The summed E-state index contributed by atoms with van der Waals surface area (Å²) >= 11 is 0. The summed E-state index contributed by atoms with van der Waals surface area (Å²) in [6.07, 6.45) is 0.00133. The molecule has 206 valence electrons. The monoisotopic (exact) mass is 521 g/mol. The van der Waals surface area contributed by atoms with E-state index in [0.717, 1.165) is 5.56 Å². The number of unbranched alkanes of at least 4 members (excludes halogenated alkanes) is 1. The molecule has 12 nitrogen and oxygen atoms in total. The number of primary amides is 1. The largest absolute Gasteiger partial charge is 0.459 e. The SMILES string of the molecule is C[C@H](NC(=O)[C@H](CC(N)=O)NC(=O)[C@H](CCCCN)NC(=O)OC(C)(C)C)C(=O)OCc1ccccc1. The van der Waals surface area contributed by atoms with Crippen molar-refractivity contribution in [1.82, 2.24) is 16.0 Å². The maximum atomic E-state index is 13.0. The van der Waals surface area contributed by atoms with Crippen molar-refractivity contribution >= 4 is 29.8 Å². The highest BCUT2D eigenvalue weighted by molar-refractivity contribution is 5.95. The van der Waals surface area contributed by atoms with E-state index >= 15 is 0 Å². The van der Waals surface area contributed by atoms with Crippen LogP contribution in [0.3, 0.4) is 0 Å². The number of ether oxygens (including phenoxy) is 2. The van der Waals surface area contributed by atoms with E-state index in [2.05, 4.69) is 16.0 Å². The molecule has 4 amide bonds. The number of carbonyl (C=O) groups is 5. The van der Waals surface area contributed by atoms with Gasteiger partial charge in [-0.1, -0.05) is 30.3 Å². The fraction of sp³-hybridized carbons (Fsp3) is 0.560. The number of amides is 4. The van der Waals surface area contributed by atoms with Crippen LogP contribution in [0, 0.1) is 0 Å². The molecule has 0 fully saturated rings. The Hall–Kier alpha value is -3.67. The van der Waals surface area contributed by atoms with Gasteiger partial charge in [-0.25, -0.2) is 9.59 Å². The molecule has 0 heterocycles. The quantitative estimate of drug-likeness (QED) is 0.174. The molecule has 0 spiro atoms. The van der Waals surface area contributed by atoms with Crippen LogP contribution in [0.25, 0.3) is 0 Å². The van der Waals surface area contributed by atoms with Gasteiger partial charge in [0.15, 0.2) is 0 Å². The van der Waals surface area contributed by atoms with Gasteiger partial charge in [-0.2, -0.15) is 0 Å². The van der Waals surface area contributed by atoms with Gasteiger partial charge in [0, 0.05) is 0 Å². The van der Waals surface area contributed by atoms with E-state index in [4.69, 9.17) is 20.9 Å². The van der Waals surface area contributed by atoms with Gasteiger partial charge < -0.3 is 36.9 Å². The van der Waals surface area contributed by atoms with Crippen LogP contribution in [-0.4, -0.2) is 60.1 Å². The molecule has 0 saturated carbocycles. The van der Waals surface area contributed by atoms with E-state index in [1.165, 1.54) is 6.92 Å². The molecule has 0 bridgehead atoms. The lowest BCUT2D eigenvalue weighted by Gasteiger charge is -2.25. The molecular weight excluding hydrogens is 482 g/mol. The molecule has 0 aliphatic rings. The van der Waals surface area contributed by atoms with Crippen LogP contribution in [0.15, 0.2) is 30.3 Å². The molecule has 37 heavy (non-hydrogen) atoms. The van der Waals surface area contributed by atoms with E-state index in [0.29, 0.717) is 19.4 Å². The van der Waals surface area contributed by atoms with Crippen molar-refractivity contribution < 1.29 is 33.4 Å². The zero-order chi connectivity index (χ0) is 28.0. The van der Waals surface area contributed by atoms with Crippen molar-refractivity contribution in [1.29, 1.82) is 0 Å². The van der Waals surface area contributed by atoms with Crippen molar-refractivity contribution in [2.75, 3.05) is 6.54 Å². The fourth-order valence-electron chi connectivity index (χ4n) is 3.12. The first-order valence-electron chi connectivity index (χ1n) is 12.1. The second-order valence-electron chi connectivity index (χ2n) is 9.54. The predicted molar refractivity (Wildman–Crippen MR) is 136 cm³/mol. The minimum Gasteiger partial charge on any atom is -0.459 e. The van der Waals surface area contributed by atoms with Crippen molar-refractivity contribution in [2.24, 2.45) is 11.5 Å². The number of esters is 1. The number of hydrogen-bond acceptors (Lipinski definition) is 8. The van der Waals surface area contributed by atoms with Gasteiger partial charge in [0.2, 0.25) is 17.7 Å². The molecule has 0 aliphatic heterocycles. The normalized spacial score (nSPS) is 13.4. The van der Waals surface area contributed by atoms with Crippen molar-refractivity contribution in [2.45, 2.75) is 83.7 Å². The first-order valence-corrected chi connectivity index (χ1v) is 12.1. The van der Waals surface area contributed by atoms with E-state index in [9.17, 15) is 24.0 Å². The van der Waals surface area contributed by atoms with Gasteiger partial charge in [-0.15, -0.1) is 0 Å². The number of benzene rings is 1. The molecule has 0 unspecified atom stereocenters. The molecule has 1 aromatic carbocycles. The summed E-state index contributed by atoms with van der Waals surface area (Å²) in [7, 11) is 0. The van der Waals surface area contributed by atoms with Crippen LogP contribution in [0.1, 0.15) is 58.9 Å². The Morgan fingerprint density at radius 2 is 1.54 bits per heavy atom. The third-order valence-corrected chi connectivity index (χ3v) is 4.93. The number of hydrogen-bond donors (Lipinski definition) is 5. The first-order chi connectivity index (χ1) is 17.3. The van der Waals surface area contributed by atoms with Gasteiger partial charge in [-0.3, -0.25) is 14.4 Å². The summed E-state index contributed by atoms with van der Waals surface area (Å²) in [5.74, 6) is -3.08. The molecule has 0 saturated heterocycles. The van der Waals surface area contributed by atoms with Crippen LogP contribution in [0.5, 0.6) is 0 Å². The van der Waals surface area contributed by atoms with Crippen LogP contribution in [-0.2, 0) is 35.3 Å². The third-order valence-electron chi connectivity index (χ3n) is 4.93. The van der Waals surface area contributed by atoms with Crippen LogP contribution >= 0.6 is 0 Å². The minimum atomic E-state index is -1.38. The lowest BCUT2D eigenvalue weighted by atomic mass is 10.1. The Morgan fingerprint density at radius 1 is 0.919 bits per heavy atom. The molecule has 0 aliphatic carbocycles. The second kappa shape index (κ2) is 15.4. The highest BCUT2D eigenvalue weighted by atomic mass is 16.6. The lowest BCUT2D eigenvalue weighted by Crippen LogP contribution is -2.56. The van der Waals surface area contributed by atoms with Crippen LogP contribution in [0.4, 0.5) is 4.79 Å². The van der Waals surface area contributed by atoms with Gasteiger partial charge in [0.05, 0.1) is 6.42 Å². The Morgan fingerprint density at radius 3 is 2.11 bits per heavy atom. The van der Waals surface area contributed by atoms with Gasteiger partial charge >= 0.3 is 12.1 Å². The maximum Gasteiger partial charge on any atom is 0.408 e. The molecule has 1 rings (SSSR count). The van der Waals surface area contributed by atoms with Crippen LogP contribution < -0.4 is 27.4 Å². The predicted octanol–water partition coefficient (Wildman–Crippen LogP) is 0.617. The summed E-state index contributed by atoms with van der Waals surface area (Å²) in [6, 6.07) is 5.48. The van der Waals surface area contributed by atoms with E-state index in [1.54, 1.807) is 45.0 Å². The minimum absolute atomic E-state index is 0.0160. The van der Waals surface area contributed by atoms with E-state index < -0.39 is 59.9 Å². The molecule has 1 aromatic rings. The number of nitrogens with two attached hydrogens (primary N) is 2. The third kappa shape index (κ3) is 13.3. The molecular formula is C25H39N5O7. The van der Waals surface area contributed by atoms with Crippen LogP contribution in [0.2, 0.25) is 0 Å². The Labute approximate surface area is 217 Å². The average molecular weight is 522 g/mol. The highest BCUT2D eigenvalue weighted by Crippen LogP contribution is 2.09. The number of nitrogens with one attached hydrogen (secondary N) is 3. The molecule has 0 radical (unpaired) electrons. The molecule has 12 heteroatoms. The highest BCUT2D eigenvalue weighted by Gasteiger charge is 2.30. The Kier molecular flexibility index (Phi) is 13.1. The second-order valence-corrected chi connectivity index (χ2v) is 9.54. The average Bonchev–Trinajstić information content (AvgIpc) is 2.80. The van der Waals surface area contributed by atoms with Gasteiger partial charge in [0.1, 0.15) is 30.3 Å². The zero-order valence-electron chi connectivity index (χ0n) is 21.9. The number of alkyl carbamates (subject to hydrolysis) is 1. The summed E-state index contributed by atoms with van der Waals surface area (Å²) in [5.41, 5.74) is 10.8. The summed E-state index contributed by atoms with van der Waals surface area (Å²) < 4.78 is 10.4. The van der Waals surface area contributed by atoms with E-state index in [1.807, 2.05) is 6.07 Å². The lowest BCUT2D eigenvalue weighted by molar-refractivity contribution is -0.148. The van der Waals surface area contributed by atoms with Gasteiger partial charge in [-0.05, 0) is 59.1 Å². The Bertz CT molecular complexity index is 918. The smallest absolute Gasteiger partial charge is 0.408 e. The van der Waals surface area contributed by atoms with Crippen molar-refractivity contribution in [3.05, 3.63) is 35.9 Å².